The first-order chi connectivity index (χ1) is 16.9. The van der Waals surface area contributed by atoms with E-state index in [1.54, 1.807) is 0 Å². The quantitative estimate of drug-likeness (QED) is 0.488. The summed E-state index contributed by atoms with van der Waals surface area (Å²) in [7, 11) is 3.24. The Labute approximate surface area is 206 Å². The number of hydrogen-bond acceptors (Lipinski definition) is 5. The highest BCUT2D eigenvalue weighted by molar-refractivity contribution is 6.07. The van der Waals surface area contributed by atoms with Crippen LogP contribution in [0.25, 0.3) is 17.2 Å². The number of nitrogens with one attached hydrogen (secondary N) is 1. The van der Waals surface area contributed by atoms with Crippen LogP contribution in [0.1, 0.15) is 23.1 Å². The Morgan fingerprint density at radius 1 is 1.00 bits per heavy atom. The minimum Gasteiger partial charge on any atom is -0.493 e. The minimum atomic E-state index is -0.274. The molecule has 1 amide bonds. The van der Waals surface area contributed by atoms with Gasteiger partial charge in [0.05, 0.1) is 20.3 Å². The van der Waals surface area contributed by atoms with E-state index in [9.17, 15) is 9.59 Å². The van der Waals surface area contributed by atoms with Gasteiger partial charge >= 0.3 is 5.97 Å². The van der Waals surface area contributed by atoms with Crippen LogP contribution in [-0.4, -0.2) is 44.1 Å². The molecule has 0 aromatic heterocycles. The second kappa shape index (κ2) is 11.0. The number of likely N-dealkylation sites (N-methyl/N-ethyl adjacent to an activating group) is 1. The molecule has 0 saturated heterocycles. The topological polar surface area (TPSA) is 67.9 Å². The van der Waals surface area contributed by atoms with Gasteiger partial charge in [-0.1, -0.05) is 48.0 Å². The van der Waals surface area contributed by atoms with Crippen molar-refractivity contribution in [1.29, 1.82) is 0 Å². The molecule has 0 aliphatic carbocycles. The van der Waals surface area contributed by atoms with E-state index in [1.807, 2.05) is 54.4 Å². The van der Waals surface area contributed by atoms with Crippen LogP contribution in [0.4, 0.5) is 5.69 Å². The van der Waals surface area contributed by atoms with Gasteiger partial charge in [0.1, 0.15) is 5.75 Å². The summed E-state index contributed by atoms with van der Waals surface area (Å²) in [5.41, 5.74) is 6.74. The molecule has 0 bridgehead atoms. The summed E-state index contributed by atoms with van der Waals surface area (Å²) in [6, 6.07) is 22.1. The molecule has 0 radical (unpaired) electrons. The molecule has 4 rings (SSSR count). The van der Waals surface area contributed by atoms with Crippen LogP contribution in [0.2, 0.25) is 0 Å². The number of rotatable bonds is 7. The van der Waals surface area contributed by atoms with E-state index in [2.05, 4.69) is 42.6 Å². The molecule has 0 atom stereocenters. The zero-order valence-electron chi connectivity index (χ0n) is 20.3. The molecule has 6 heteroatoms. The molecule has 3 aromatic carbocycles. The molecule has 1 aliphatic heterocycles. The number of ether oxygens (including phenoxy) is 2. The number of nitrogens with zero attached hydrogens (tertiary/aromatic N) is 1. The van der Waals surface area contributed by atoms with Crippen LogP contribution >= 0.6 is 0 Å². The van der Waals surface area contributed by atoms with Crippen molar-refractivity contribution in [2.75, 3.05) is 32.6 Å². The summed E-state index contributed by atoms with van der Waals surface area (Å²) in [5.74, 6) is 0.367. The van der Waals surface area contributed by atoms with Crippen molar-refractivity contribution in [2.45, 2.75) is 19.9 Å². The lowest BCUT2D eigenvalue weighted by Gasteiger charge is -2.15. The Hall–Kier alpha value is -3.90. The monoisotopic (exact) mass is 470 g/mol. The van der Waals surface area contributed by atoms with Crippen molar-refractivity contribution in [3.05, 3.63) is 89.0 Å². The molecule has 0 fully saturated rings. The van der Waals surface area contributed by atoms with Crippen molar-refractivity contribution in [3.8, 4) is 16.9 Å². The van der Waals surface area contributed by atoms with Crippen LogP contribution in [0.5, 0.6) is 5.75 Å². The molecule has 180 valence electrons. The fourth-order valence-corrected chi connectivity index (χ4v) is 3.99. The van der Waals surface area contributed by atoms with Gasteiger partial charge in [0.15, 0.2) is 0 Å². The SMILES string of the molecule is COC(=O)CN(C)Cc1ccc(NC(=O)C2=Cc3cc(-c4ccc(C)cc4)ccc3OCC2)cc1. The summed E-state index contributed by atoms with van der Waals surface area (Å²) in [6.45, 7) is 3.34. The van der Waals surface area contributed by atoms with Gasteiger partial charge in [-0.3, -0.25) is 14.5 Å². The summed E-state index contributed by atoms with van der Waals surface area (Å²) in [5, 5.41) is 2.99. The van der Waals surface area contributed by atoms with E-state index in [4.69, 9.17) is 9.47 Å². The Morgan fingerprint density at radius 2 is 1.71 bits per heavy atom. The smallest absolute Gasteiger partial charge is 0.319 e. The first kappa shape index (κ1) is 24.2. The standard InChI is InChI=1S/C29H30N2O4/c1-20-4-8-22(9-5-20)23-10-13-27-25(16-23)17-24(14-15-35-27)29(33)30-26-11-6-21(7-12-26)18-31(2)19-28(32)34-3/h4-13,16-17H,14-15,18-19H2,1-3H3,(H,30,33). The van der Waals surface area contributed by atoms with E-state index in [0.717, 1.165) is 28.0 Å². The Balaban J connectivity index is 1.45. The highest BCUT2D eigenvalue weighted by Crippen LogP contribution is 2.31. The van der Waals surface area contributed by atoms with Crippen molar-refractivity contribution in [2.24, 2.45) is 0 Å². The van der Waals surface area contributed by atoms with E-state index in [0.29, 0.717) is 30.8 Å². The van der Waals surface area contributed by atoms with Crippen molar-refractivity contribution in [3.63, 3.8) is 0 Å². The van der Waals surface area contributed by atoms with Crippen molar-refractivity contribution < 1.29 is 19.1 Å². The first-order valence-corrected chi connectivity index (χ1v) is 11.6. The van der Waals surface area contributed by atoms with Crippen molar-refractivity contribution in [1.82, 2.24) is 4.90 Å². The summed E-state index contributed by atoms with van der Waals surface area (Å²) in [4.78, 5) is 26.3. The number of esters is 1. The molecule has 35 heavy (non-hydrogen) atoms. The van der Waals surface area contributed by atoms with E-state index >= 15 is 0 Å². The number of carbonyl (C=O) groups is 2. The Kier molecular flexibility index (Phi) is 7.63. The van der Waals surface area contributed by atoms with E-state index in [1.165, 1.54) is 12.7 Å². The lowest BCUT2D eigenvalue weighted by Crippen LogP contribution is -2.26. The van der Waals surface area contributed by atoms with Crippen LogP contribution in [0.3, 0.4) is 0 Å². The molecule has 1 heterocycles. The highest BCUT2D eigenvalue weighted by Gasteiger charge is 2.16. The predicted octanol–water partition coefficient (Wildman–Crippen LogP) is 5.07. The second-order valence-corrected chi connectivity index (χ2v) is 8.79. The molecule has 6 nitrogen and oxygen atoms in total. The Morgan fingerprint density at radius 3 is 2.43 bits per heavy atom. The first-order valence-electron chi connectivity index (χ1n) is 11.6. The third-order valence-corrected chi connectivity index (χ3v) is 5.94. The van der Waals surface area contributed by atoms with Crippen LogP contribution in [0, 0.1) is 6.92 Å². The molecule has 3 aromatic rings. The number of fused-ring (bicyclic) bond motifs is 1. The van der Waals surface area contributed by atoms with Gasteiger partial charge in [-0.05, 0) is 61.0 Å². The third-order valence-electron chi connectivity index (χ3n) is 5.94. The summed E-state index contributed by atoms with van der Waals surface area (Å²) in [6.07, 6.45) is 2.45. The fraction of sp³-hybridized carbons (Fsp3) is 0.241. The number of hydrogen-bond donors (Lipinski definition) is 1. The molecule has 1 N–H and O–H groups in total. The van der Waals surface area contributed by atoms with Gasteiger partial charge in [0, 0.05) is 29.8 Å². The Bertz CT molecular complexity index is 1230. The second-order valence-electron chi connectivity index (χ2n) is 8.79. The fourth-order valence-electron chi connectivity index (χ4n) is 3.99. The van der Waals surface area contributed by atoms with Gasteiger partial charge in [-0.15, -0.1) is 0 Å². The number of amides is 1. The largest absolute Gasteiger partial charge is 0.493 e. The number of benzene rings is 3. The average molecular weight is 471 g/mol. The average Bonchev–Trinajstić information content (AvgIpc) is 3.07. The third kappa shape index (κ3) is 6.37. The molecule has 0 saturated carbocycles. The van der Waals surface area contributed by atoms with Gasteiger partial charge in [-0.25, -0.2) is 0 Å². The van der Waals surface area contributed by atoms with Crippen molar-refractivity contribution >= 4 is 23.6 Å². The zero-order valence-corrected chi connectivity index (χ0v) is 20.3. The number of methoxy groups -OCH3 is 1. The highest BCUT2D eigenvalue weighted by atomic mass is 16.5. The normalized spacial score (nSPS) is 12.7. The number of carbonyl (C=O) groups excluding carboxylic acids is 2. The summed E-state index contributed by atoms with van der Waals surface area (Å²) >= 11 is 0. The number of anilines is 1. The van der Waals surface area contributed by atoms with Gasteiger partial charge in [0.2, 0.25) is 0 Å². The van der Waals surface area contributed by atoms with Gasteiger partial charge in [0.25, 0.3) is 5.91 Å². The molecular weight excluding hydrogens is 440 g/mol. The van der Waals surface area contributed by atoms with Gasteiger partial charge in [-0.2, -0.15) is 0 Å². The van der Waals surface area contributed by atoms with E-state index in [-0.39, 0.29) is 18.4 Å². The molecular formula is C29H30N2O4. The van der Waals surface area contributed by atoms with E-state index < -0.39 is 0 Å². The maximum atomic E-state index is 13.0. The lowest BCUT2D eigenvalue weighted by molar-refractivity contribution is -0.141. The zero-order chi connectivity index (χ0) is 24.8. The maximum Gasteiger partial charge on any atom is 0.319 e. The van der Waals surface area contributed by atoms with Crippen LogP contribution < -0.4 is 10.1 Å². The summed E-state index contributed by atoms with van der Waals surface area (Å²) < 4.78 is 10.6. The molecule has 1 aliphatic rings. The number of aryl methyl sites for hydroxylation is 1. The maximum absolute atomic E-state index is 13.0. The molecule has 0 unspecified atom stereocenters. The van der Waals surface area contributed by atoms with Gasteiger partial charge < -0.3 is 14.8 Å². The molecule has 0 spiro atoms. The minimum absolute atomic E-state index is 0.141. The lowest BCUT2D eigenvalue weighted by atomic mass is 10.00. The predicted molar refractivity (Wildman–Crippen MR) is 138 cm³/mol. The van der Waals surface area contributed by atoms with Crippen LogP contribution in [-0.2, 0) is 20.9 Å². The van der Waals surface area contributed by atoms with Crippen LogP contribution in [0.15, 0.2) is 72.3 Å².